The second kappa shape index (κ2) is 9.22. The van der Waals surface area contributed by atoms with Crippen LogP contribution in [0.2, 0.25) is 0 Å². The number of hydrogen-bond donors (Lipinski definition) is 2. The van der Waals surface area contributed by atoms with Gasteiger partial charge in [0.05, 0.1) is 0 Å². The number of carbonyl (C=O) groups is 2. The van der Waals surface area contributed by atoms with E-state index in [0.717, 1.165) is 5.56 Å². The van der Waals surface area contributed by atoms with E-state index in [9.17, 15) is 9.59 Å². The number of oxazole rings is 1. The van der Waals surface area contributed by atoms with E-state index in [-0.39, 0.29) is 29.3 Å². The first-order valence-electron chi connectivity index (χ1n) is 10.1. The number of carbonyl (C=O) groups excluding carboxylic acids is 2. The number of rotatable bonds is 6. The largest absolute Gasteiger partial charge is 0.443 e. The molecule has 1 aliphatic heterocycles. The van der Waals surface area contributed by atoms with Crippen LogP contribution in [0.1, 0.15) is 60.4 Å². The summed E-state index contributed by atoms with van der Waals surface area (Å²) in [6.45, 7) is 8.85. The molecule has 0 unspecified atom stereocenters. The fraction of sp³-hybridized carbons (Fsp3) is 0.500. The van der Waals surface area contributed by atoms with Gasteiger partial charge in [0.2, 0.25) is 11.8 Å². The molecule has 1 fully saturated rings. The molecule has 0 radical (unpaired) electrons. The summed E-state index contributed by atoms with van der Waals surface area (Å²) in [6.07, 6.45) is 1.43. The highest BCUT2D eigenvalue weighted by Gasteiger charge is 2.30. The molecule has 2 amide bonds. The van der Waals surface area contributed by atoms with Gasteiger partial charge in [-0.05, 0) is 50.3 Å². The number of hydrogen-bond acceptors (Lipinski definition) is 5. The Hall–Kier alpha value is -2.67. The molecule has 7 heteroatoms. The number of aromatic nitrogens is 1. The monoisotopic (exact) mass is 399 g/mol. The summed E-state index contributed by atoms with van der Waals surface area (Å²) < 4.78 is 11.1. The summed E-state index contributed by atoms with van der Waals surface area (Å²) >= 11 is 0. The predicted molar refractivity (Wildman–Crippen MR) is 110 cm³/mol. The van der Waals surface area contributed by atoms with Gasteiger partial charge >= 0.3 is 0 Å². The Morgan fingerprint density at radius 3 is 2.55 bits per heavy atom. The molecule has 1 aliphatic rings. The lowest BCUT2D eigenvalue weighted by Gasteiger charge is -2.25. The van der Waals surface area contributed by atoms with Crippen LogP contribution in [0.5, 0.6) is 0 Å². The number of ether oxygens (including phenoxy) is 1. The molecule has 2 aromatic rings. The molecular formula is C22H29N3O4. The van der Waals surface area contributed by atoms with Crippen LogP contribution < -0.4 is 10.6 Å². The van der Waals surface area contributed by atoms with Crippen molar-refractivity contribution in [2.75, 3.05) is 18.5 Å². The summed E-state index contributed by atoms with van der Waals surface area (Å²) in [5, 5.41) is 5.91. The third kappa shape index (κ3) is 5.23. The van der Waals surface area contributed by atoms with E-state index >= 15 is 0 Å². The number of amides is 2. The molecule has 0 bridgehead atoms. The Labute approximate surface area is 171 Å². The van der Waals surface area contributed by atoms with Gasteiger partial charge in [0.1, 0.15) is 11.8 Å². The van der Waals surface area contributed by atoms with E-state index in [1.165, 1.54) is 0 Å². The van der Waals surface area contributed by atoms with Crippen LogP contribution in [0, 0.1) is 25.7 Å². The second-order valence-electron chi connectivity index (χ2n) is 7.90. The predicted octanol–water partition coefficient (Wildman–Crippen LogP) is 3.78. The lowest BCUT2D eigenvalue weighted by molar-refractivity contribution is -0.129. The lowest BCUT2D eigenvalue weighted by Crippen LogP contribution is -2.38. The first-order valence-corrected chi connectivity index (χ1v) is 10.1. The normalized spacial score (nSPS) is 15.9. The quantitative estimate of drug-likeness (QED) is 0.771. The zero-order chi connectivity index (χ0) is 21.0. The molecule has 0 spiro atoms. The minimum atomic E-state index is -0.399. The number of anilines is 1. The molecule has 0 aliphatic carbocycles. The van der Waals surface area contributed by atoms with Crippen molar-refractivity contribution in [2.45, 2.75) is 46.6 Å². The highest BCUT2D eigenvalue weighted by atomic mass is 16.5. The summed E-state index contributed by atoms with van der Waals surface area (Å²) in [6, 6.07) is 7.16. The van der Waals surface area contributed by atoms with Gasteiger partial charge in [0, 0.05) is 24.8 Å². The molecule has 0 saturated carbocycles. The van der Waals surface area contributed by atoms with Crippen LogP contribution in [0.3, 0.4) is 0 Å². The van der Waals surface area contributed by atoms with Crippen molar-refractivity contribution >= 4 is 17.5 Å². The summed E-state index contributed by atoms with van der Waals surface area (Å²) in [5.74, 6) is 0.424. The van der Waals surface area contributed by atoms with Crippen LogP contribution >= 0.6 is 0 Å². The Morgan fingerprint density at radius 2 is 1.90 bits per heavy atom. The van der Waals surface area contributed by atoms with Crippen LogP contribution in [0.4, 0.5) is 5.69 Å². The first-order chi connectivity index (χ1) is 13.8. The van der Waals surface area contributed by atoms with E-state index < -0.39 is 6.04 Å². The highest BCUT2D eigenvalue weighted by Crippen LogP contribution is 2.26. The third-order valence-electron chi connectivity index (χ3n) is 5.13. The van der Waals surface area contributed by atoms with Gasteiger partial charge in [-0.3, -0.25) is 9.59 Å². The molecule has 1 aromatic carbocycles. The Bertz CT molecular complexity index is 869. The fourth-order valence-electron chi connectivity index (χ4n) is 3.42. The Balaban J connectivity index is 1.74. The highest BCUT2D eigenvalue weighted by molar-refractivity contribution is 6.03. The zero-order valence-electron chi connectivity index (χ0n) is 17.5. The first kappa shape index (κ1) is 21.0. The van der Waals surface area contributed by atoms with Gasteiger partial charge in [0.15, 0.2) is 5.69 Å². The minimum absolute atomic E-state index is 0.0198. The summed E-state index contributed by atoms with van der Waals surface area (Å²) in [4.78, 5) is 29.8. The van der Waals surface area contributed by atoms with Crippen molar-refractivity contribution in [1.29, 1.82) is 0 Å². The van der Waals surface area contributed by atoms with Crippen LogP contribution in [0.25, 0.3) is 0 Å². The number of nitrogens with one attached hydrogen (secondary N) is 2. The van der Waals surface area contributed by atoms with Crippen molar-refractivity contribution in [1.82, 2.24) is 10.3 Å². The topological polar surface area (TPSA) is 93.5 Å². The van der Waals surface area contributed by atoms with Gasteiger partial charge in [-0.15, -0.1) is 0 Å². The molecule has 1 atom stereocenters. The number of aryl methyl sites for hydroxylation is 2. The maximum atomic E-state index is 12.7. The molecule has 7 nitrogen and oxygen atoms in total. The number of nitrogens with zero attached hydrogens (tertiary/aromatic N) is 1. The van der Waals surface area contributed by atoms with E-state index in [4.69, 9.17) is 9.15 Å². The SMILES string of the molecule is Cc1cccc(NC(=O)c2nc([C@H](NC(=O)C3CCOCC3)C(C)C)oc2C)c1. The summed E-state index contributed by atoms with van der Waals surface area (Å²) in [7, 11) is 0. The van der Waals surface area contributed by atoms with Gasteiger partial charge in [0.25, 0.3) is 5.91 Å². The molecular weight excluding hydrogens is 370 g/mol. The van der Waals surface area contributed by atoms with Crippen LogP contribution in [0.15, 0.2) is 28.7 Å². The van der Waals surface area contributed by atoms with Gasteiger partial charge in [-0.25, -0.2) is 4.98 Å². The van der Waals surface area contributed by atoms with Gasteiger partial charge < -0.3 is 19.8 Å². The minimum Gasteiger partial charge on any atom is -0.443 e. The Kier molecular flexibility index (Phi) is 6.69. The van der Waals surface area contributed by atoms with Crippen molar-refractivity contribution in [3.05, 3.63) is 47.2 Å². The van der Waals surface area contributed by atoms with E-state index in [1.807, 2.05) is 45.0 Å². The molecule has 2 N–H and O–H groups in total. The zero-order valence-corrected chi connectivity index (χ0v) is 17.5. The Morgan fingerprint density at radius 1 is 1.17 bits per heavy atom. The average Bonchev–Trinajstić information content (AvgIpc) is 3.07. The molecule has 2 heterocycles. The molecule has 29 heavy (non-hydrogen) atoms. The molecule has 156 valence electrons. The number of benzene rings is 1. The van der Waals surface area contributed by atoms with Crippen molar-refractivity contribution < 1.29 is 18.7 Å². The van der Waals surface area contributed by atoms with Crippen molar-refractivity contribution in [3.63, 3.8) is 0 Å². The van der Waals surface area contributed by atoms with Crippen LogP contribution in [-0.4, -0.2) is 30.0 Å². The smallest absolute Gasteiger partial charge is 0.277 e. The lowest BCUT2D eigenvalue weighted by atomic mass is 9.97. The van der Waals surface area contributed by atoms with Crippen molar-refractivity contribution in [2.24, 2.45) is 11.8 Å². The van der Waals surface area contributed by atoms with E-state index in [0.29, 0.717) is 43.4 Å². The fourth-order valence-corrected chi connectivity index (χ4v) is 3.42. The average molecular weight is 399 g/mol. The maximum absolute atomic E-state index is 12.7. The van der Waals surface area contributed by atoms with Crippen molar-refractivity contribution in [3.8, 4) is 0 Å². The van der Waals surface area contributed by atoms with Gasteiger partial charge in [-0.1, -0.05) is 26.0 Å². The summed E-state index contributed by atoms with van der Waals surface area (Å²) in [5.41, 5.74) is 1.98. The van der Waals surface area contributed by atoms with E-state index in [2.05, 4.69) is 15.6 Å². The van der Waals surface area contributed by atoms with E-state index in [1.54, 1.807) is 6.92 Å². The van der Waals surface area contributed by atoms with Gasteiger partial charge in [-0.2, -0.15) is 0 Å². The molecule has 3 rings (SSSR count). The third-order valence-corrected chi connectivity index (χ3v) is 5.13. The molecule has 1 aromatic heterocycles. The second-order valence-corrected chi connectivity index (χ2v) is 7.90. The van der Waals surface area contributed by atoms with Crippen LogP contribution in [-0.2, 0) is 9.53 Å². The standard InChI is InChI=1S/C22H29N3O4/c1-13(2)18(24-20(26)16-8-10-28-11-9-16)22-25-19(15(4)29-22)21(27)23-17-7-5-6-14(3)12-17/h5-7,12-13,16,18H,8-11H2,1-4H3,(H,23,27)(H,24,26)/t18-/m1/s1. The molecule has 1 saturated heterocycles. The maximum Gasteiger partial charge on any atom is 0.277 e.